The Kier molecular flexibility index (Phi) is 4.85. The standard InChI is InChI=1S/C13H17F3O/c1-3-6-10(4-2)11-7-5-8-12(9-11)17-13(14,15)16/h5,7-10H,3-4,6H2,1-2H3. The molecule has 1 aromatic carbocycles. The highest BCUT2D eigenvalue weighted by Gasteiger charge is 2.31. The topological polar surface area (TPSA) is 9.23 Å². The van der Waals surface area contributed by atoms with Crippen LogP contribution in [0.15, 0.2) is 24.3 Å². The van der Waals surface area contributed by atoms with Gasteiger partial charge < -0.3 is 4.74 Å². The highest BCUT2D eigenvalue weighted by Crippen LogP contribution is 2.29. The second-order valence-electron chi connectivity index (χ2n) is 4.01. The van der Waals surface area contributed by atoms with E-state index in [9.17, 15) is 13.2 Å². The molecule has 96 valence electrons. The van der Waals surface area contributed by atoms with Gasteiger partial charge in [-0.15, -0.1) is 13.2 Å². The fourth-order valence-corrected chi connectivity index (χ4v) is 1.92. The predicted molar refractivity (Wildman–Crippen MR) is 61.1 cm³/mol. The van der Waals surface area contributed by atoms with Crippen molar-refractivity contribution in [3.8, 4) is 5.75 Å². The van der Waals surface area contributed by atoms with Crippen LogP contribution in [0.4, 0.5) is 13.2 Å². The van der Waals surface area contributed by atoms with Crippen LogP contribution in [-0.2, 0) is 0 Å². The van der Waals surface area contributed by atoms with Gasteiger partial charge in [0.05, 0.1) is 0 Å². The van der Waals surface area contributed by atoms with Gasteiger partial charge in [-0.05, 0) is 36.5 Å². The molecule has 0 saturated heterocycles. The van der Waals surface area contributed by atoms with E-state index < -0.39 is 6.36 Å². The molecule has 0 N–H and O–H groups in total. The van der Waals surface area contributed by atoms with Gasteiger partial charge in [0, 0.05) is 0 Å². The lowest BCUT2D eigenvalue weighted by Crippen LogP contribution is -2.17. The Balaban J connectivity index is 2.84. The molecule has 1 atom stereocenters. The van der Waals surface area contributed by atoms with Gasteiger partial charge in [0.15, 0.2) is 0 Å². The van der Waals surface area contributed by atoms with E-state index in [1.165, 1.54) is 12.1 Å². The van der Waals surface area contributed by atoms with Crippen molar-refractivity contribution in [1.82, 2.24) is 0 Å². The summed E-state index contributed by atoms with van der Waals surface area (Å²) in [4.78, 5) is 0. The molecule has 0 saturated carbocycles. The van der Waals surface area contributed by atoms with E-state index in [4.69, 9.17) is 0 Å². The fourth-order valence-electron chi connectivity index (χ4n) is 1.92. The van der Waals surface area contributed by atoms with Crippen LogP contribution >= 0.6 is 0 Å². The molecule has 1 nitrogen and oxygen atoms in total. The molecule has 0 amide bonds. The van der Waals surface area contributed by atoms with E-state index in [-0.39, 0.29) is 5.75 Å². The Morgan fingerprint density at radius 2 is 1.94 bits per heavy atom. The van der Waals surface area contributed by atoms with Crippen LogP contribution in [0.25, 0.3) is 0 Å². The Bertz CT molecular complexity index is 347. The number of hydrogen-bond acceptors (Lipinski definition) is 1. The predicted octanol–water partition coefficient (Wildman–Crippen LogP) is 4.88. The molecule has 1 rings (SSSR count). The molecular weight excluding hydrogens is 229 g/mol. The zero-order valence-electron chi connectivity index (χ0n) is 10.1. The SMILES string of the molecule is CCCC(CC)c1cccc(OC(F)(F)F)c1. The average Bonchev–Trinajstić information content (AvgIpc) is 2.24. The normalized spacial score (nSPS) is 13.5. The molecule has 0 aromatic heterocycles. The van der Waals surface area contributed by atoms with Crippen LogP contribution in [0.3, 0.4) is 0 Å². The molecule has 0 radical (unpaired) electrons. The monoisotopic (exact) mass is 246 g/mol. The maximum atomic E-state index is 12.1. The van der Waals surface area contributed by atoms with Crippen molar-refractivity contribution in [2.45, 2.75) is 45.4 Å². The van der Waals surface area contributed by atoms with Crippen LogP contribution in [0.2, 0.25) is 0 Å². The molecule has 0 aliphatic carbocycles. The first-order valence-corrected chi connectivity index (χ1v) is 5.82. The Morgan fingerprint density at radius 3 is 2.47 bits per heavy atom. The summed E-state index contributed by atoms with van der Waals surface area (Å²) < 4.78 is 40.2. The van der Waals surface area contributed by atoms with Crippen molar-refractivity contribution < 1.29 is 17.9 Å². The summed E-state index contributed by atoms with van der Waals surface area (Å²) in [7, 11) is 0. The molecule has 1 unspecified atom stereocenters. The third kappa shape index (κ3) is 4.67. The van der Waals surface area contributed by atoms with E-state index in [0.29, 0.717) is 5.92 Å². The number of ether oxygens (including phenoxy) is 1. The Hall–Kier alpha value is -1.19. The van der Waals surface area contributed by atoms with Crippen LogP contribution in [-0.4, -0.2) is 6.36 Å². The van der Waals surface area contributed by atoms with Gasteiger partial charge in [-0.1, -0.05) is 32.4 Å². The lowest BCUT2D eigenvalue weighted by atomic mass is 9.92. The second kappa shape index (κ2) is 5.94. The van der Waals surface area contributed by atoms with Crippen LogP contribution in [0.5, 0.6) is 5.75 Å². The van der Waals surface area contributed by atoms with Crippen molar-refractivity contribution >= 4 is 0 Å². The molecule has 4 heteroatoms. The van der Waals surface area contributed by atoms with Gasteiger partial charge in [0.1, 0.15) is 5.75 Å². The van der Waals surface area contributed by atoms with Crippen LogP contribution in [0, 0.1) is 0 Å². The van der Waals surface area contributed by atoms with Gasteiger partial charge in [-0.25, -0.2) is 0 Å². The van der Waals surface area contributed by atoms with Crippen molar-refractivity contribution in [3.05, 3.63) is 29.8 Å². The minimum atomic E-state index is -4.62. The summed E-state index contributed by atoms with van der Waals surface area (Å²) in [5.74, 6) is 0.168. The molecule has 0 aliphatic heterocycles. The lowest BCUT2D eigenvalue weighted by molar-refractivity contribution is -0.274. The van der Waals surface area contributed by atoms with Gasteiger partial charge in [0.2, 0.25) is 0 Å². The highest BCUT2D eigenvalue weighted by atomic mass is 19.4. The number of benzene rings is 1. The fraction of sp³-hybridized carbons (Fsp3) is 0.538. The van der Waals surface area contributed by atoms with Crippen LogP contribution in [0.1, 0.15) is 44.6 Å². The molecule has 0 heterocycles. The first-order chi connectivity index (χ1) is 7.96. The molecule has 0 spiro atoms. The smallest absolute Gasteiger partial charge is 0.406 e. The number of halogens is 3. The van der Waals surface area contributed by atoms with Gasteiger partial charge in [0.25, 0.3) is 0 Å². The number of alkyl halides is 3. The van der Waals surface area contributed by atoms with E-state index in [2.05, 4.69) is 11.7 Å². The largest absolute Gasteiger partial charge is 0.573 e. The van der Waals surface area contributed by atoms with E-state index in [1.54, 1.807) is 6.07 Å². The molecule has 1 aromatic rings. The summed E-state index contributed by atoms with van der Waals surface area (Å²) in [6.45, 7) is 4.11. The van der Waals surface area contributed by atoms with Gasteiger partial charge in [-0.2, -0.15) is 0 Å². The van der Waals surface area contributed by atoms with Crippen LogP contribution < -0.4 is 4.74 Å². The molecular formula is C13H17F3O. The minimum Gasteiger partial charge on any atom is -0.406 e. The van der Waals surface area contributed by atoms with Crippen molar-refractivity contribution in [2.75, 3.05) is 0 Å². The molecule has 0 fully saturated rings. The average molecular weight is 246 g/mol. The first kappa shape index (κ1) is 13.9. The zero-order chi connectivity index (χ0) is 12.9. The van der Waals surface area contributed by atoms with E-state index in [0.717, 1.165) is 24.8 Å². The third-order valence-electron chi connectivity index (χ3n) is 2.69. The Labute approximate surface area is 99.6 Å². The van der Waals surface area contributed by atoms with E-state index >= 15 is 0 Å². The summed E-state index contributed by atoms with van der Waals surface area (Å²) >= 11 is 0. The molecule has 0 bridgehead atoms. The summed E-state index contributed by atoms with van der Waals surface area (Å²) in [6.07, 6.45) is -1.71. The maximum absolute atomic E-state index is 12.1. The highest BCUT2D eigenvalue weighted by molar-refractivity contribution is 5.31. The van der Waals surface area contributed by atoms with Gasteiger partial charge in [-0.3, -0.25) is 0 Å². The maximum Gasteiger partial charge on any atom is 0.573 e. The third-order valence-corrected chi connectivity index (χ3v) is 2.69. The second-order valence-corrected chi connectivity index (χ2v) is 4.01. The van der Waals surface area contributed by atoms with Crippen molar-refractivity contribution in [1.29, 1.82) is 0 Å². The summed E-state index contributed by atoms with van der Waals surface area (Å²) in [5, 5.41) is 0. The quantitative estimate of drug-likeness (QED) is 0.719. The number of hydrogen-bond donors (Lipinski definition) is 0. The van der Waals surface area contributed by atoms with Gasteiger partial charge >= 0.3 is 6.36 Å². The summed E-state index contributed by atoms with van der Waals surface area (Å²) in [5.41, 5.74) is 0.913. The number of rotatable bonds is 5. The molecule has 0 aliphatic rings. The zero-order valence-corrected chi connectivity index (χ0v) is 10.1. The Morgan fingerprint density at radius 1 is 1.24 bits per heavy atom. The molecule has 17 heavy (non-hydrogen) atoms. The summed E-state index contributed by atoms with van der Waals surface area (Å²) in [6, 6.07) is 6.27. The van der Waals surface area contributed by atoms with E-state index in [1.807, 2.05) is 13.0 Å². The first-order valence-electron chi connectivity index (χ1n) is 5.82. The lowest BCUT2D eigenvalue weighted by Gasteiger charge is -2.16. The minimum absolute atomic E-state index is 0.135. The van der Waals surface area contributed by atoms with Crippen molar-refractivity contribution in [2.24, 2.45) is 0 Å². The van der Waals surface area contributed by atoms with Crippen molar-refractivity contribution in [3.63, 3.8) is 0 Å².